The van der Waals surface area contributed by atoms with Crippen LogP contribution in [0.5, 0.6) is 0 Å². The first kappa shape index (κ1) is 15.2. The van der Waals surface area contributed by atoms with Crippen LogP contribution in [0.2, 0.25) is 0 Å². The summed E-state index contributed by atoms with van der Waals surface area (Å²) in [5.41, 5.74) is 1.24. The molecule has 0 radical (unpaired) electrons. The van der Waals surface area contributed by atoms with Gasteiger partial charge in [0, 0.05) is 5.56 Å². The number of benzene rings is 1. The highest BCUT2D eigenvalue weighted by Gasteiger charge is 2.26. The maximum absolute atomic E-state index is 9.04. The predicted octanol–water partition coefficient (Wildman–Crippen LogP) is -1.01. The highest BCUT2D eigenvalue weighted by molar-refractivity contribution is 5.20. The number of hydrogen-bond donors (Lipinski definition) is 1. The first-order valence-corrected chi connectivity index (χ1v) is 5.23. The van der Waals surface area contributed by atoms with Crippen LogP contribution in [0, 0.1) is 0 Å². The van der Waals surface area contributed by atoms with Gasteiger partial charge in [-0.2, -0.15) is 0 Å². The van der Waals surface area contributed by atoms with Crippen LogP contribution < -0.4 is 12.4 Å². The lowest BCUT2D eigenvalue weighted by atomic mass is 10.0. The smallest absolute Gasteiger partial charge is 0.133 e. The van der Waals surface area contributed by atoms with Crippen LogP contribution in [0.1, 0.15) is 11.6 Å². The Morgan fingerprint density at radius 3 is 2.31 bits per heavy atom. The molecule has 1 atom stereocenters. The summed E-state index contributed by atoms with van der Waals surface area (Å²) in [6.07, 6.45) is 1.95. The molecule has 0 aliphatic heterocycles. The van der Waals surface area contributed by atoms with Crippen LogP contribution in [0.25, 0.3) is 0 Å². The van der Waals surface area contributed by atoms with Gasteiger partial charge in [-0.05, 0) is 6.08 Å². The van der Waals surface area contributed by atoms with Crippen molar-refractivity contribution in [3.8, 4) is 0 Å². The number of likely N-dealkylation sites (N-methyl/N-ethyl adjacent to an activating group) is 1. The number of rotatable bonds is 5. The van der Waals surface area contributed by atoms with Crippen molar-refractivity contribution in [2.45, 2.75) is 6.04 Å². The van der Waals surface area contributed by atoms with E-state index in [0.29, 0.717) is 0 Å². The maximum atomic E-state index is 9.04. The lowest BCUT2D eigenvalue weighted by Crippen LogP contribution is -3.00. The highest BCUT2D eigenvalue weighted by Crippen LogP contribution is 2.25. The second kappa shape index (κ2) is 6.69. The quantitative estimate of drug-likeness (QED) is 0.517. The van der Waals surface area contributed by atoms with Gasteiger partial charge in [-0.15, -0.1) is 0 Å². The Labute approximate surface area is 104 Å². The third-order valence-corrected chi connectivity index (χ3v) is 2.79. The summed E-state index contributed by atoms with van der Waals surface area (Å²) in [6.45, 7) is 4.82. The largest absolute Gasteiger partial charge is 1.00 e. The summed E-state index contributed by atoms with van der Waals surface area (Å²) in [5.74, 6) is 0. The van der Waals surface area contributed by atoms with Gasteiger partial charge in [-0.1, -0.05) is 36.9 Å². The van der Waals surface area contributed by atoms with Crippen molar-refractivity contribution in [2.75, 3.05) is 27.2 Å². The topological polar surface area (TPSA) is 20.2 Å². The van der Waals surface area contributed by atoms with Crippen molar-refractivity contribution in [2.24, 2.45) is 0 Å². The minimum Gasteiger partial charge on any atom is -1.00 e. The zero-order valence-electron chi connectivity index (χ0n) is 9.94. The first-order valence-electron chi connectivity index (χ1n) is 5.23. The van der Waals surface area contributed by atoms with Crippen LogP contribution in [0.15, 0.2) is 43.0 Å². The van der Waals surface area contributed by atoms with Gasteiger partial charge in [0.15, 0.2) is 0 Å². The van der Waals surface area contributed by atoms with Crippen LogP contribution in [-0.4, -0.2) is 36.8 Å². The number of aliphatic hydroxyl groups excluding tert-OH is 1. The predicted molar refractivity (Wildman–Crippen MR) is 63.4 cm³/mol. The standard InChI is InChI=1S/C13H20NO.ClH/c1-4-13(14(2,3)10-11-15)12-8-6-5-7-9-12;/h4-9,13,15H,1,10-11H2,2-3H3;1H/q+1;/p-1. The van der Waals surface area contributed by atoms with Crippen LogP contribution in [0.4, 0.5) is 0 Å². The molecule has 1 rings (SSSR count). The lowest BCUT2D eigenvalue weighted by Gasteiger charge is -2.36. The zero-order chi connectivity index (χ0) is 11.3. The fourth-order valence-corrected chi connectivity index (χ4v) is 1.87. The maximum Gasteiger partial charge on any atom is 0.133 e. The SMILES string of the molecule is C=CC(c1ccccc1)[N+](C)(C)CCO.[Cl-]. The Hall–Kier alpha value is -0.830. The molecule has 0 fully saturated rings. The van der Waals surface area contributed by atoms with Crippen LogP contribution in [0.3, 0.4) is 0 Å². The summed E-state index contributed by atoms with van der Waals surface area (Å²) >= 11 is 0. The van der Waals surface area contributed by atoms with Gasteiger partial charge in [-0.25, -0.2) is 0 Å². The zero-order valence-corrected chi connectivity index (χ0v) is 10.7. The van der Waals surface area contributed by atoms with E-state index in [1.54, 1.807) is 0 Å². The van der Waals surface area contributed by atoms with E-state index in [-0.39, 0.29) is 25.1 Å². The molecule has 0 heterocycles. The number of aliphatic hydroxyl groups is 1. The van der Waals surface area contributed by atoms with Crippen molar-refractivity contribution >= 4 is 0 Å². The van der Waals surface area contributed by atoms with Crippen molar-refractivity contribution in [3.63, 3.8) is 0 Å². The molecule has 3 heteroatoms. The Bertz CT molecular complexity index is 311. The molecular weight excluding hydrogens is 222 g/mol. The summed E-state index contributed by atoms with van der Waals surface area (Å²) in [4.78, 5) is 0. The highest BCUT2D eigenvalue weighted by atomic mass is 35.5. The Balaban J connectivity index is 0.00000225. The summed E-state index contributed by atoms with van der Waals surface area (Å²) < 4.78 is 0.726. The van der Waals surface area contributed by atoms with Gasteiger partial charge in [0.2, 0.25) is 0 Å². The molecule has 1 unspecified atom stereocenters. The van der Waals surface area contributed by atoms with Gasteiger partial charge < -0.3 is 22.0 Å². The number of hydrogen-bond acceptors (Lipinski definition) is 1. The van der Waals surface area contributed by atoms with Gasteiger partial charge in [0.1, 0.15) is 12.6 Å². The van der Waals surface area contributed by atoms with Crippen LogP contribution >= 0.6 is 0 Å². The molecule has 0 saturated carbocycles. The minimum absolute atomic E-state index is 0. The van der Waals surface area contributed by atoms with E-state index < -0.39 is 0 Å². The van der Waals surface area contributed by atoms with E-state index in [9.17, 15) is 0 Å². The van der Waals surface area contributed by atoms with Crippen molar-refractivity contribution in [1.29, 1.82) is 0 Å². The van der Waals surface area contributed by atoms with Crippen LogP contribution in [-0.2, 0) is 0 Å². The molecule has 0 aromatic heterocycles. The number of nitrogens with zero attached hydrogens (tertiary/aromatic N) is 1. The average Bonchev–Trinajstić information content (AvgIpc) is 2.19. The third kappa shape index (κ3) is 3.63. The summed E-state index contributed by atoms with van der Waals surface area (Å²) in [6, 6.07) is 10.5. The lowest BCUT2D eigenvalue weighted by molar-refractivity contribution is -0.914. The van der Waals surface area contributed by atoms with Gasteiger partial charge in [0.05, 0.1) is 20.7 Å². The second-order valence-electron chi connectivity index (χ2n) is 4.32. The van der Waals surface area contributed by atoms with Gasteiger partial charge >= 0.3 is 0 Å². The van der Waals surface area contributed by atoms with E-state index in [4.69, 9.17) is 5.11 Å². The molecule has 90 valence electrons. The first-order chi connectivity index (χ1) is 7.11. The fourth-order valence-electron chi connectivity index (χ4n) is 1.87. The average molecular weight is 242 g/mol. The van der Waals surface area contributed by atoms with Gasteiger partial charge in [0.25, 0.3) is 0 Å². The van der Waals surface area contributed by atoms with E-state index in [1.807, 2.05) is 24.3 Å². The monoisotopic (exact) mass is 241 g/mol. The molecule has 0 saturated heterocycles. The minimum atomic E-state index is 0. The molecule has 1 aromatic rings. The molecule has 0 aliphatic rings. The molecular formula is C13H20ClNO. The molecule has 0 amide bonds. The van der Waals surface area contributed by atoms with Crippen molar-refractivity contribution < 1.29 is 22.0 Å². The third-order valence-electron chi connectivity index (χ3n) is 2.79. The van der Waals surface area contributed by atoms with E-state index in [0.717, 1.165) is 11.0 Å². The second-order valence-corrected chi connectivity index (χ2v) is 4.32. The molecule has 0 bridgehead atoms. The summed E-state index contributed by atoms with van der Waals surface area (Å²) in [7, 11) is 4.21. The Kier molecular flexibility index (Phi) is 6.34. The molecule has 0 aliphatic carbocycles. The van der Waals surface area contributed by atoms with E-state index in [2.05, 4.69) is 32.8 Å². The molecule has 1 aromatic carbocycles. The van der Waals surface area contributed by atoms with E-state index >= 15 is 0 Å². The van der Waals surface area contributed by atoms with Gasteiger partial charge in [-0.3, -0.25) is 0 Å². The molecule has 1 N–H and O–H groups in total. The van der Waals surface area contributed by atoms with Crippen molar-refractivity contribution in [3.05, 3.63) is 48.6 Å². The molecule has 16 heavy (non-hydrogen) atoms. The summed E-state index contributed by atoms with van der Waals surface area (Å²) in [5, 5.41) is 9.04. The number of quaternary nitrogens is 1. The Morgan fingerprint density at radius 2 is 1.88 bits per heavy atom. The number of halogens is 1. The fraction of sp³-hybridized carbons (Fsp3) is 0.385. The Morgan fingerprint density at radius 1 is 1.31 bits per heavy atom. The normalized spacial score (nSPS) is 12.7. The van der Waals surface area contributed by atoms with E-state index in [1.165, 1.54) is 5.56 Å². The molecule has 0 spiro atoms. The van der Waals surface area contributed by atoms with Crippen molar-refractivity contribution in [1.82, 2.24) is 0 Å². The molecule has 2 nitrogen and oxygen atoms in total.